The summed E-state index contributed by atoms with van der Waals surface area (Å²) < 4.78 is 41.1. The van der Waals surface area contributed by atoms with Crippen LogP contribution in [0.3, 0.4) is 0 Å². The van der Waals surface area contributed by atoms with Crippen LogP contribution in [0.5, 0.6) is 0 Å². The summed E-state index contributed by atoms with van der Waals surface area (Å²) >= 11 is 3.23. The quantitative estimate of drug-likeness (QED) is 0.484. The zero-order valence-electron chi connectivity index (χ0n) is 13.2. The first kappa shape index (κ1) is 18.1. The van der Waals surface area contributed by atoms with Gasteiger partial charge in [0.25, 0.3) is 5.69 Å². The Morgan fingerprint density at radius 1 is 1.31 bits per heavy atom. The summed E-state index contributed by atoms with van der Waals surface area (Å²) in [5.74, 6) is 0.480. The van der Waals surface area contributed by atoms with E-state index in [1.54, 1.807) is 19.1 Å². The zero-order valence-corrected chi connectivity index (χ0v) is 14.7. The minimum atomic E-state index is -4.68. The van der Waals surface area contributed by atoms with E-state index < -0.39 is 28.4 Å². The van der Waals surface area contributed by atoms with Crippen LogP contribution in [0, 0.1) is 10.1 Å². The Morgan fingerprint density at radius 3 is 2.69 bits per heavy atom. The smallest absolute Gasteiger partial charge is 0.363 e. The number of non-ortho nitro benzene ring substituents is 1. The highest BCUT2D eigenvalue weighted by Crippen LogP contribution is 2.34. The number of anilines is 1. The number of nitrogens with one attached hydrogen (secondary N) is 1. The Labute approximate surface area is 153 Å². The molecule has 0 bridgehead atoms. The number of benzene rings is 1. The van der Waals surface area contributed by atoms with Gasteiger partial charge >= 0.3 is 6.18 Å². The van der Waals surface area contributed by atoms with E-state index in [0.717, 1.165) is 12.1 Å². The molecule has 0 fully saturated rings. The van der Waals surface area contributed by atoms with E-state index in [1.165, 1.54) is 10.7 Å². The van der Waals surface area contributed by atoms with Gasteiger partial charge in [0.15, 0.2) is 5.65 Å². The lowest BCUT2D eigenvalue weighted by Gasteiger charge is -2.17. The maximum atomic E-state index is 13.0. The molecule has 0 aliphatic carbocycles. The predicted octanol–water partition coefficient (Wildman–Crippen LogP) is 4.59. The van der Waals surface area contributed by atoms with Gasteiger partial charge in [-0.05, 0) is 40.5 Å². The molecule has 2 aromatic heterocycles. The molecule has 0 saturated heterocycles. The van der Waals surface area contributed by atoms with E-state index in [-0.39, 0.29) is 5.56 Å². The lowest BCUT2D eigenvalue weighted by Crippen LogP contribution is -2.13. The van der Waals surface area contributed by atoms with E-state index in [9.17, 15) is 23.3 Å². The highest BCUT2D eigenvalue weighted by Gasteiger charge is 2.33. The summed E-state index contributed by atoms with van der Waals surface area (Å²) in [5, 5.41) is 18.2. The third kappa shape index (κ3) is 3.62. The zero-order chi connectivity index (χ0) is 19.1. The first-order valence-corrected chi connectivity index (χ1v) is 8.08. The van der Waals surface area contributed by atoms with Gasteiger partial charge in [-0.15, -0.1) is 0 Å². The maximum absolute atomic E-state index is 13.0. The summed E-state index contributed by atoms with van der Waals surface area (Å²) in [5.41, 5.74) is -1.03. The van der Waals surface area contributed by atoms with Gasteiger partial charge in [0, 0.05) is 24.4 Å². The van der Waals surface area contributed by atoms with E-state index in [0.29, 0.717) is 22.1 Å². The van der Waals surface area contributed by atoms with Crippen LogP contribution in [0.2, 0.25) is 0 Å². The van der Waals surface area contributed by atoms with Crippen molar-refractivity contribution in [2.24, 2.45) is 0 Å². The molecule has 136 valence electrons. The minimum Gasteiger partial charge on any atom is -0.363 e. The summed E-state index contributed by atoms with van der Waals surface area (Å²) in [6.45, 7) is 1.60. The van der Waals surface area contributed by atoms with Crippen LogP contribution < -0.4 is 5.32 Å². The van der Waals surface area contributed by atoms with Crippen molar-refractivity contribution in [2.45, 2.75) is 19.1 Å². The number of nitro groups is 1. The number of hydrogen-bond acceptors (Lipinski definition) is 5. The minimum absolute atomic E-state index is 0.128. The van der Waals surface area contributed by atoms with Gasteiger partial charge in [-0.3, -0.25) is 10.1 Å². The van der Waals surface area contributed by atoms with E-state index in [4.69, 9.17) is 0 Å². The fraction of sp³-hybridized carbons (Fsp3) is 0.200. The SMILES string of the molecule is C[C@@H](Nc1ccnc2cc(Br)nn12)c1cc([N+](=O)[O-])cc(C(F)(F)F)c1. The molecule has 0 unspecified atom stereocenters. The Balaban J connectivity index is 2.00. The van der Waals surface area contributed by atoms with Crippen LogP contribution in [0.15, 0.2) is 41.1 Å². The molecule has 0 aliphatic rings. The van der Waals surface area contributed by atoms with Crippen LogP contribution in [-0.4, -0.2) is 19.5 Å². The largest absolute Gasteiger partial charge is 0.416 e. The highest BCUT2D eigenvalue weighted by molar-refractivity contribution is 9.10. The monoisotopic (exact) mass is 429 g/mol. The standard InChI is InChI=1S/C15H11BrF3N5O2/c1-8(21-13-2-3-20-14-7-12(16)22-23(13)14)9-4-10(15(17,18)19)6-11(5-9)24(25)26/h2-8,21H,1H3/t8-/m1/s1. The molecule has 11 heteroatoms. The second-order valence-electron chi connectivity index (χ2n) is 5.50. The normalized spacial score (nSPS) is 13.0. The third-order valence-corrected chi connectivity index (χ3v) is 4.06. The number of rotatable bonds is 4. The van der Waals surface area contributed by atoms with Crippen molar-refractivity contribution in [2.75, 3.05) is 5.32 Å². The lowest BCUT2D eigenvalue weighted by molar-refractivity contribution is -0.385. The third-order valence-electron chi connectivity index (χ3n) is 3.67. The van der Waals surface area contributed by atoms with Crippen molar-refractivity contribution in [3.8, 4) is 0 Å². The second kappa shape index (κ2) is 6.56. The van der Waals surface area contributed by atoms with E-state index in [2.05, 4.69) is 31.3 Å². The molecule has 7 nitrogen and oxygen atoms in total. The molecule has 1 atom stereocenters. The Hall–Kier alpha value is -2.69. The van der Waals surface area contributed by atoms with Crippen molar-refractivity contribution in [1.82, 2.24) is 14.6 Å². The topological polar surface area (TPSA) is 85.4 Å². The fourth-order valence-corrected chi connectivity index (χ4v) is 2.80. The maximum Gasteiger partial charge on any atom is 0.416 e. The van der Waals surface area contributed by atoms with Crippen molar-refractivity contribution in [1.29, 1.82) is 0 Å². The van der Waals surface area contributed by atoms with Crippen LogP contribution in [0.4, 0.5) is 24.7 Å². The molecular weight excluding hydrogens is 419 g/mol. The van der Waals surface area contributed by atoms with E-state index in [1.807, 2.05) is 0 Å². The first-order valence-electron chi connectivity index (χ1n) is 7.28. The summed E-state index contributed by atoms with van der Waals surface area (Å²) in [4.78, 5) is 14.3. The number of halogens is 4. The van der Waals surface area contributed by atoms with Crippen molar-refractivity contribution in [3.05, 3.63) is 62.4 Å². The molecule has 1 aromatic carbocycles. The number of fused-ring (bicyclic) bond motifs is 1. The van der Waals surface area contributed by atoms with E-state index >= 15 is 0 Å². The van der Waals surface area contributed by atoms with Crippen LogP contribution in [-0.2, 0) is 6.18 Å². The van der Waals surface area contributed by atoms with Gasteiger partial charge in [-0.25, -0.2) is 4.98 Å². The first-order chi connectivity index (χ1) is 12.1. The van der Waals surface area contributed by atoms with Crippen LogP contribution in [0.25, 0.3) is 5.65 Å². The molecule has 0 saturated carbocycles. The lowest BCUT2D eigenvalue weighted by atomic mass is 10.0. The van der Waals surface area contributed by atoms with Gasteiger partial charge in [-0.1, -0.05) is 0 Å². The van der Waals surface area contributed by atoms with Gasteiger partial charge < -0.3 is 5.32 Å². The Bertz CT molecular complexity index is 989. The Morgan fingerprint density at radius 2 is 2.04 bits per heavy atom. The number of hydrogen-bond donors (Lipinski definition) is 1. The van der Waals surface area contributed by atoms with Gasteiger partial charge in [0.05, 0.1) is 16.5 Å². The molecule has 3 aromatic rings. The molecule has 26 heavy (non-hydrogen) atoms. The fourth-order valence-electron chi connectivity index (χ4n) is 2.44. The summed E-state index contributed by atoms with van der Waals surface area (Å²) in [7, 11) is 0. The molecule has 0 spiro atoms. The predicted molar refractivity (Wildman–Crippen MR) is 90.8 cm³/mol. The van der Waals surface area contributed by atoms with Crippen LogP contribution >= 0.6 is 15.9 Å². The number of alkyl halides is 3. The van der Waals surface area contributed by atoms with Crippen molar-refractivity contribution >= 4 is 33.1 Å². The Kier molecular flexibility index (Phi) is 4.57. The number of nitrogens with zero attached hydrogens (tertiary/aromatic N) is 4. The molecule has 0 amide bonds. The highest BCUT2D eigenvalue weighted by atomic mass is 79.9. The summed E-state index contributed by atoms with van der Waals surface area (Å²) in [6, 6.07) is 5.15. The number of nitro benzene ring substituents is 1. The summed E-state index contributed by atoms with van der Waals surface area (Å²) in [6.07, 6.45) is -3.16. The molecule has 1 N–H and O–H groups in total. The molecule has 0 aliphatic heterocycles. The van der Waals surface area contributed by atoms with Crippen LogP contribution in [0.1, 0.15) is 24.1 Å². The second-order valence-corrected chi connectivity index (χ2v) is 6.31. The number of aromatic nitrogens is 3. The average molecular weight is 430 g/mol. The van der Waals surface area contributed by atoms with Gasteiger partial charge in [0.1, 0.15) is 10.4 Å². The molecule has 2 heterocycles. The average Bonchev–Trinajstić information content (AvgIpc) is 2.95. The van der Waals surface area contributed by atoms with Crippen molar-refractivity contribution in [3.63, 3.8) is 0 Å². The van der Waals surface area contributed by atoms with Crippen molar-refractivity contribution < 1.29 is 18.1 Å². The molecule has 3 rings (SSSR count). The van der Waals surface area contributed by atoms with Gasteiger partial charge in [0.2, 0.25) is 0 Å². The van der Waals surface area contributed by atoms with Gasteiger partial charge in [-0.2, -0.15) is 22.8 Å². The molecule has 0 radical (unpaired) electrons. The molecular formula is C15H11BrF3N5O2.